The minimum Gasteiger partial charge on any atom is -0.390 e. The fourth-order valence-electron chi connectivity index (χ4n) is 1.34. The zero-order chi connectivity index (χ0) is 15.2. The highest BCUT2D eigenvalue weighted by Crippen LogP contribution is 2.04. The van der Waals surface area contributed by atoms with Crippen molar-refractivity contribution in [2.75, 3.05) is 0 Å². The number of unbranched alkanes of at least 4 members (excludes halogenated alkanes) is 4. The molecule has 0 aromatic heterocycles. The Morgan fingerprint density at radius 2 is 1.65 bits per heavy atom. The zero-order valence-corrected chi connectivity index (χ0v) is 12.0. The first kappa shape index (κ1) is 18.5. The molecule has 0 aliphatic rings. The van der Waals surface area contributed by atoms with Gasteiger partial charge in [0.15, 0.2) is 0 Å². The van der Waals surface area contributed by atoms with Gasteiger partial charge in [-0.15, -0.1) is 6.58 Å². The molecule has 20 heavy (non-hydrogen) atoms. The molecule has 110 valence electrons. The van der Waals surface area contributed by atoms with Gasteiger partial charge in [0.25, 0.3) is 0 Å². The maximum Gasteiger partial charge on any atom is 0.141 e. The van der Waals surface area contributed by atoms with Crippen molar-refractivity contribution >= 4 is 0 Å². The number of rotatable bonds is 8. The molecule has 0 bridgehead atoms. The van der Waals surface area contributed by atoms with Gasteiger partial charge in [0, 0.05) is 0 Å². The van der Waals surface area contributed by atoms with E-state index in [4.69, 9.17) is 5.11 Å². The van der Waals surface area contributed by atoms with E-state index in [0.29, 0.717) is 0 Å². The van der Waals surface area contributed by atoms with E-state index in [2.05, 4.69) is 30.3 Å². The van der Waals surface area contributed by atoms with Crippen LogP contribution in [0.25, 0.3) is 0 Å². The van der Waals surface area contributed by atoms with Gasteiger partial charge in [-0.3, -0.25) is 0 Å². The van der Waals surface area contributed by atoms with Crippen LogP contribution in [-0.4, -0.2) is 33.6 Å². The summed E-state index contributed by atoms with van der Waals surface area (Å²) in [5.41, 5.74) is 0. The van der Waals surface area contributed by atoms with E-state index in [1.165, 1.54) is 6.92 Å². The predicted molar refractivity (Wildman–Crippen MR) is 81.7 cm³/mol. The average Bonchev–Trinajstić information content (AvgIpc) is 2.42. The molecule has 3 nitrogen and oxygen atoms in total. The van der Waals surface area contributed by atoms with E-state index < -0.39 is 18.3 Å². The normalized spacial score (nSPS) is 14.6. The topological polar surface area (TPSA) is 60.7 Å². The molecule has 0 saturated heterocycles. The van der Waals surface area contributed by atoms with E-state index in [0.717, 1.165) is 32.1 Å². The minimum atomic E-state index is -1.10. The van der Waals surface area contributed by atoms with Gasteiger partial charge in [-0.05, 0) is 50.5 Å². The zero-order valence-electron chi connectivity index (χ0n) is 12.0. The Bertz CT molecular complexity index is 401. The third-order valence-electron chi connectivity index (χ3n) is 2.56. The van der Waals surface area contributed by atoms with Gasteiger partial charge in [-0.1, -0.05) is 30.4 Å². The Hall–Kier alpha value is -1.52. The van der Waals surface area contributed by atoms with Gasteiger partial charge >= 0.3 is 0 Å². The Labute approximate surface area is 122 Å². The summed E-state index contributed by atoms with van der Waals surface area (Å²) in [5.74, 6) is 9.74. The minimum absolute atomic E-state index is 0.846. The number of hydrogen-bond donors (Lipinski definition) is 3. The summed E-state index contributed by atoms with van der Waals surface area (Å²) in [4.78, 5) is 0. The summed E-state index contributed by atoms with van der Waals surface area (Å²) in [6, 6.07) is 0. The van der Waals surface area contributed by atoms with Gasteiger partial charge in [-0.25, -0.2) is 0 Å². The van der Waals surface area contributed by atoms with Crippen LogP contribution in [-0.2, 0) is 0 Å². The molecular weight excluding hydrogens is 252 g/mol. The molecule has 0 aliphatic heterocycles. The monoisotopic (exact) mass is 276 g/mol. The highest BCUT2D eigenvalue weighted by atomic mass is 16.3. The molecule has 0 aromatic carbocycles. The number of allylic oxidation sites excluding steroid dienone is 2. The lowest BCUT2D eigenvalue weighted by atomic mass is 10.1. The van der Waals surface area contributed by atoms with Gasteiger partial charge < -0.3 is 15.3 Å². The summed E-state index contributed by atoms with van der Waals surface area (Å²) in [5, 5.41) is 27.7. The van der Waals surface area contributed by atoms with Crippen molar-refractivity contribution in [3.8, 4) is 23.7 Å². The molecule has 0 fully saturated rings. The number of hydrogen-bond acceptors (Lipinski definition) is 3. The Kier molecular flexibility index (Phi) is 11.6. The molecule has 0 aliphatic carbocycles. The second kappa shape index (κ2) is 12.5. The summed E-state index contributed by atoms with van der Waals surface area (Å²) in [6.45, 7) is 5.11. The Morgan fingerprint density at radius 1 is 1.00 bits per heavy atom. The molecule has 3 heteroatoms. The molecule has 0 radical (unpaired) electrons. The van der Waals surface area contributed by atoms with Crippen molar-refractivity contribution in [2.24, 2.45) is 0 Å². The third-order valence-corrected chi connectivity index (χ3v) is 2.56. The van der Waals surface area contributed by atoms with E-state index in [1.807, 2.05) is 12.2 Å². The van der Waals surface area contributed by atoms with Gasteiger partial charge in [0.2, 0.25) is 0 Å². The van der Waals surface area contributed by atoms with Crippen molar-refractivity contribution in [2.45, 2.75) is 57.3 Å². The van der Waals surface area contributed by atoms with E-state index in [-0.39, 0.29) is 0 Å². The molecule has 3 atom stereocenters. The van der Waals surface area contributed by atoms with Crippen molar-refractivity contribution in [3.63, 3.8) is 0 Å². The second-order valence-electron chi connectivity index (χ2n) is 4.52. The molecule has 0 rings (SSSR count). The quantitative estimate of drug-likeness (QED) is 0.360. The molecular formula is C17H24O3. The highest BCUT2D eigenvalue weighted by molar-refractivity contribution is 5.30. The second-order valence-corrected chi connectivity index (χ2v) is 4.52. The van der Waals surface area contributed by atoms with Crippen LogP contribution in [0.2, 0.25) is 0 Å². The first-order valence-electron chi connectivity index (χ1n) is 6.90. The molecule has 0 heterocycles. The van der Waals surface area contributed by atoms with Crippen LogP contribution in [0.3, 0.4) is 0 Å². The van der Waals surface area contributed by atoms with Crippen molar-refractivity contribution < 1.29 is 15.3 Å². The smallest absolute Gasteiger partial charge is 0.141 e. The van der Waals surface area contributed by atoms with E-state index in [1.54, 1.807) is 6.08 Å². The molecule has 0 amide bonds. The molecule has 0 unspecified atom stereocenters. The summed E-state index contributed by atoms with van der Waals surface area (Å²) < 4.78 is 0. The molecule has 3 N–H and O–H groups in total. The Morgan fingerprint density at radius 3 is 2.30 bits per heavy atom. The Balaban J connectivity index is 3.87. The van der Waals surface area contributed by atoms with Crippen LogP contribution in [0.4, 0.5) is 0 Å². The molecule has 0 saturated carbocycles. The first-order chi connectivity index (χ1) is 9.57. The van der Waals surface area contributed by atoms with Crippen LogP contribution in [0.15, 0.2) is 24.8 Å². The standard InChI is InChI=1S/C17H24O3/c1-3-4-5-6-7-8-9-12-16(19)13-10-11-14-17(20)15(2)18/h3,9,12,15-20H,1,4-8H2,2H3/b12-9-/t15-,16+,17+/m0/s1. The maximum absolute atomic E-state index is 9.51. The van der Waals surface area contributed by atoms with Crippen LogP contribution < -0.4 is 0 Å². The largest absolute Gasteiger partial charge is 0.390 e. The van der Waals surface area contributed by atoms with Crippen molar-refractivity contribution in [1.82, 2.24) is 0 Å². The molecule has 0 aromatic rings. The van der Waals surface area contributed by atoms with Crippen LogP contribution >= 0.6 is 0 Å². The van der Waals surface area contributed by atoms with E-state index >= 15 is 0 Å². The number of aliphatic hydroxyl groups is 3. The fraction of sp³-hybridized carbons (Fsp3) is 0.529. The maximum atomic E-state index is 9.51. The van der Waals surface area contributed by atoms with Crippen molar-refractivity contribution in [3.05, 3.63) is 24.8 Å². The van der Waals surface area contributed by atoms with Gasteiger partial charge in [-0.2, -0.15) is 0 Å². The summed E-state index contributed by atoms with van der Waals surface area (Å²) >= 11 is 0. The van der Waals surface area contributed by atoms with Crippen LogP contribution in [0.1, 0.15) is 39.0 Å². The average molecular weight is 276 g/mol. The third kappa shape index (κ3) is 11.6. The molecule has 0 spiro atoms. The lowest BCUT2D eigenvalue weighted by molar-refractivity contribution is 0.0678. The lowest BCUT2D eigenvalue weighted by Gasteiger charge is -2.03. The fourth-order valence-corrected chi connectivity index (χ4v) is 1.34. The van der Waals surface area contributed by atoms with Crippen molar-refractivity contribution in [1.29, 1.82) is 0 Å². The predicted octanol–water partition coefficient (Wildman–Crippen LogP) is 1.79. The van der Waals surface area contributed by atoms with Gasteiger partial charge in [0.05, 0.1) is 6.10 Å². The van der Waals surface area contributed by atoms with E-state index in [9.17, 15) is 10.2 Å². The number of aliphatic hydroxyl groups excluding tert-OH is 3. The SMILES string of the molecule is C=CCCCCC/C=C\[C@@H](O)C#CC#C[C@@H](O)[C@H](C)O. The van der Waals surface area contributed by atoms with Crippen LogP contribution in [0.5, 0.6) is 0 Å². The van der Waals surface area contributed by atoms with Gasteiger partial charge in [0.1, 0.15) is 12.2 Å². The summed E-state index contributed by atoms with van der Waals surface area (Å²) in [7, 11) is 0. The summed E-state index contributed by atoms with van der Waals surface area (Å²) in [6.07, 6.45) is 7.97. The van der Waals surface area contributed by atoms with Crippen LogP contribution in [0, 0.1) is 23.7 Å². The first-order valence-corrected chi connectivity index (χ1v) is 6.90. The highest BCUT2D eigenvalue weighted by Gasteiger charge is 2.04. The lowest BCUT2D eigenvalue weighted by Crippen LogP contribution is -2.19.